The third kappa shape index (κ3) is 2.85. The second kappa shape index (κ2) is 5.98. The molecule has 0 amide bonds. The van der Waals surface area contributed by atoms with Crippen molar-refractivity contribution in [2.75, 3.05) is 6.54 Å². The molecule has 0 fully saturated rings. The Labute approximate surface area is 115 Å². The standard InChI is InChI=1S/C17H22N2/c1-5-19-17(16-11-18-10-9-13(16)3)15-8-6-7-12(2)14(15)4/h6-11,17,19H,5H2,1-4H3. The third-order valence-electron chi connectivity index (χ3n) is 3.76. The predicted octanol–water partition coefficient (Wildman–Crippen LogP) is 3.71. The fraction of sp³-hybridized carbons (Fsp3) is 0.353. The number of hydrogen-bond acceptors (Lipinski definition) is 2. The summed E-state index contributed by atoms with van der Waals surface area (Å²) in [6.07, 6.45) is 3.83. The number of pyridine rings is 1. The molecule has 1 N–H and O–H groups in total. The summed E-state index contributed by atoms with van der Waals surface area (Å²) in [5, 5.41) is 3.58. The molecule has 0 aliphatic heterocycles. The molecular formula is C17H22N2. The van der Waals surface area contributed by atoms with Crippen molar-refractivity contribution in [1.29, 1.82) is 0 Å². The van der Waals surface area contributed by atoms with E-state index in [-0.39, 0.29) is 6.04 Å². The minimum Gasteiger partial charge on any atom is -0.306 e. The van der Waals surface area contributed by atoms with Crippen molar-refractivity contribution in [3.8, 4) is 0 Å². The van der Waals surface area contributed by atoms with Crippen molar-refractivity contribution in [3.05, 3.63) is 64.5 Å². The molecule has 2 heteroatoms. The summed E-state index contributed by atoms with van der Waals surface area (Å²) < 4.78 is 0. The molecule has 1 unspecified atom stereocenters. The van der Waals surface area contributed by atoms with Crippen LogP contribution < -0.4 is 5.32 Å². The van der Waals surface area contributed by atoms with Crippen molar-refractivity contribution in [1.82, 2.24) is 10.3 Å². The molecule has 1 heterocycles. The normalized spacial score (nSPS) is 12.4. The zero-order valence-corrected chi connectivity index (χ0v) is 12.2. The van der Waals surface area contributed by atoms with E-state index < -0.39 is 0 Å². The van der Waals surface area contributed by atoms with Gasteiger partial charge in [-0.15, -0.1) is 0 Å². The first kappa shape index (κ1) is 13.8. The smallest absolute Gasteiger partial charge is 0.0597 e. The van der Waals surface area contributed by atoms with Gasteiger partial charge >= 0.3 is 0 Å². The highest BCUT2D eigenvalue weighted by atomic mass is 14.9. The van der Waals surface area contributed by atoms with Gasteiger partial charge in [0.1, 0.15) is 0 Å². The van der Waals surface area contributed by atoms with E-state index in [1.54, 1.807) is 0 Å². The summed E-state index contributed by atoms with van der Waals surface area (Å²) in [6.45, 7) is 9.58. The fourth-order valence-electron chi connectivity index (χ4n) is 2.46. The molecule has 1 aromatic carbocycles. The fourth-order valence-corrected chi connectivity index (χ4v) is 2.46. The van der Waals surface area contributed by atoms with Crippen LogP contribution in [0.1, 0.15) is 40.8 Å². The summed E-state index contributed by atoms with van der Waals surface area (Å²) in [4.78, 5) is 4.29. The van der Waals surface area contributed by atoms with Crippen LogP contribution in [0, 0.1) is 20.8 Å². The van der Waals surface area contributed by atoms with Gasteiger partial charge < -0.3 is 5.32 Å². The molecule has 0 spiro atoms. The maximum atomic E-state index is 4.29. The van der Waals surface area contributed by atoms with Crippen molar-refractivity contribution in [2.45, 2.75) is 33.7 Å². The predicted molar refractivity (Wildman–Crippen MR) is 80.4 cm³/mol. The van der Waals surface area contributed by atoms with Crippen LogP contribution in [-0.4, -0.2) is 11.5 Å². The second-order valence-electron chi connectivity index (χ2n) is 5.01. The van der Waals surface area contributed by atoms with Gasteiger partial charge in [0.2, 0.25) is 0 Å². The van der Waals surface area contributed by atoms with Crippen LogP contribution in [0.3, 0.4) is 0 Å². The Kier molecular flexibility index (Phi) is 4.33. The van der Waals surface area contributed by atoms with Gasteiger partial charge in [-0.25, -0.2) is 0 Å². The molecule has 0 aliphatic rings. The van der Waals surface area contributed by atoms with Crippen molar-refractivity contribution < 1.29 is 0 Å². The highest BCUT2D eigenvalue weighted by Crippen LogP contribution is 2.27. The van der Waals surface area contributed by atoms with Crippen LogP contribution in [0.4, 0.5) is 0 Å². The molecule has 0 saturated carbocycles. The van der Waals surface area contributed by atoms with Gasteiger partial charge in [-0.3, -0.25) is 4.98 Å². The molecule has 0 bridgehead atoms. The lowest BCUT2D eigenvalue weighted by molar-refractivity contribution is 0.622. The van der Waals surface area contributed by atoms with E-state index in [4.69, 9.17) is 0 Å². The van der Waals surface area contributed by atoms with Crippen LogP contribution in [0.2, 0.25) is 0 Å². The second-order valence-corrected chi connectivity index (χ2v) is 5.01. The number of aryl methyl sites for hydroxylation is 2. The number of hydrogen-bond donors (Lipinski definition) is 1. The third-order valence-corrected chi connectivity index (χ3v) is 3.76. The highest BCUT2D eigenvalue weighted by Gasteiger charge is 2.17. The SMILES string of the molecule is CCNC(c1cnccc1C)c1cccc(C)c1C. The minimum absolute atomic E-state index is 0.221. The van der Waals surface area contributed by atoms with Gasteiger partial charge in [0.05, 0.1) is 6.04 Å². The van der Waals surface area contributed by atoms with E-state index in [1.807, 2.05) is 12.4 Å². The zero-order chi connectivity index (χ0) is 13.8. The zero-order valence-electron chi connectivity index (χ0n) is 12.2. The Bertz CT molecular complexity index is 561. The molecule has 0 aliphatic carbocycles. The maximum absolute atomic E-state index is 4.29. The molecule has 1 aromatic heterocycles. The first-order valence-electron chi connectivity index (χ1n) is 6.85. The number of nitrogens with one attached hydrogen (secondary N) is 1. The number of nitrogens with zero attached hydrogens (tertiary/aromatic N) is 1. The van der Waals surface area contributed by atoms with Crippen LogP contribution in [0.25, 0.3) is 0 Å². The molecule has 0 radical (unpaired) electrons. The lowest BCUT2D eigenvalue weighted by Crippen LogP contribution is -2.24. The molecule has 19 heavy (non-hydrogen) atoms. The van der Waals surface area contributed by atoms with Gasteiger partial charge in [-0.05, 0) is 61.2 Å². The van der Waals surface area contributed by atoms with E-state index in [1.165, 1.54) is 27.8 Å². The minimum atomic E-state index is 0.221. The highest BCUT2D eigenvalue weighted by molar-refractivity contribution is 5.42. The van der Waals surface area contributed by atoms with E-state index in [0.29, 0.717) is 0 Å². The Balaban J connectivity index is 2.52. The summed E-state index contributed by atoms with van der Waals surface area (Å²) in [5.41, 5.74) is 6.58. The molecule has 0 saturated heterocycles. The van der Waals surface area contributed by atoms with Crippen LogP contribution in [-0.2, 0) is 0 Å². The molecule has 2 nitrogen and oxygen atoms in total. The Hall–Kier alpha value is -1.67. The van der Waals surface area contributed by atoms with E-state index in [9.17, 15) is 0 Å². The Morgan fingerprint density at radius 1 is 1.05 bits per heavy atom. The lowest BCUT2D eigenvalue weighted by Gasteiger charge is -2.23. The van der Waals surface area contributed by atoms with E-state index in [2.05, 4.69) is 62.3 Å². The summed E-state index contributed by atoms with van der Waals surface area (Å²) in [5.74, 6) is 0. The topological polar surface area (TPSA) is 24.9 Å². The molecular weight excluding hydrogens is 232 g/mol. The monoisotopic (exact) mass is 254 g/mol. The van der Waals surface area contributed by atoms with Gasteiger partial charge in [0, 0.05) is 12.4 Å². The molecule has 2 rings (SSSR count). The van der Waals surface area contributed by atoms with Crippen molar-refractivity contribution in [3.63, 3.8) is 0 Å². The van der Waals surface area contributed by atoms with Crippen molar-refractivity contribution in [2.24, 2.45) is 0 Å². The molecule has 2 aromatic rings. The first-order chi connectivity index (χ1) is 9.15. The lowest BCUT2D eigenvalue weighted by atomic mass is 9.91. The van der Waals surface area contributed by atoms with E-state index >= 15 is 0 Å². The maximum Gasteiger partial charge on any atom is 0.0597 e. The van der Waals surface area contributed by atoms with Crippen molar-refractivity contribution >= 4 is 0 Å². The molecule has 100 valence electrons. The largest absolute Gasteiger partial charge is 0.306 e. The number of benzene rings is 1. The van der Waals surface area contributed by atoms with Gasteiger partial charge in [-0.2, -0.15) is 0 Å². The van der Waals surface area contributed by atoms with Gasteiger partial charge in [0.15, 0.2) is 0 Å². The number of aromatic nitrogens is 1. The molecule has 1 atom stereocenters. The first-order valence-corrected chi connectivity index (χ1v) is 6.85. The van der Waals surface area contributed by atoms with Crippen LogP contribution >= 0.6 is 0 Å². The summed E-state index contributed by atoms with van der Waals surface area (Å²) in [7, 11) is 0. The van der Waals surface area contributed by atoms with Crippen LogP contribution in [0.5, 0.6) is 0 Å². The van der Waals surface area contributed by atoms with Crippen LogP contribution in [0.15, 0.2) is 36.7 Å². The van der Waals surface area contributed by atoms with Gasteiger partial charge in [-0.1, -0.05) is 25.1 Å². The Morgan fingerprint density at radius 3 is 2.53 bits per heavy atom. The summed E-state index contributed by atoms with van der Waals surface area (Å²) >= 11 is 0. The average molecular weight is 254 g/mol. The van der Waals surface area contributed by atoms with E-state index in [0.717, 1.165) is 6.54 Å². The Morgan fingerprint density at radius 2 is 1.84 bits per heavy atom. The quantitative estimate of drug-likeness (QED) is 0.899. The number of rotatable bonds is 4. The summed E-state index contributed by atoms with van der Waals surface area (Å²) in [6, 6.07) is 8.80. The average Bonchev–Trinajstić information content (AvgIpc) is 2.41. The van der Waals surface area contributed by atoms with Gasteiger partial charge in [0.25, 0.3) is 0 Å².